The van der Waals surface area contributed by atoms with Crippen LogP contribution < -0.4 is 5.84 Å². The van der Waals surface area contributed by atoms with Gasteiger partial charge in [0, 0.05) is 0 Å². The number of amides is 2. The third-order valence-corrected chi connectivity index (χ3v) is 3.24. The molecular weight excluding hydrogens is 252 g/mol. The Labute approximate surface area is 116 Å². The molecule has 98 valence electrons. The van der Waals surface area contributed by atoms with Crippen molar-refractivity contribution in [1.82, 2.24) is 5.01 Å². The molecule has 0 aromatic heterocycles. The second-order valence-corrected chi connectivity index (χ2v) is 4.46. The van der Waals surface area contributed by atoms with E-state index < -0.39 is 11.8 Å². The van der Waals surface area contributed by atoms with E-state index in [2.05, 4.69) is 0 Å². The van der Waals surface area contributed by atoms with Gasteiger partial charge in [-0.15, -0.1) is 0 Å². The molecule has 2 N–H and O–H groups in total. The molecule has 0 bridgehead atoms. The van der Waals surface area contributed by atoms with E-state index in [1.807, 2.05) is 36.4 Å². The zero-order chi connectivity index (χ0) is 14.1. The second kappa shape index (κ2) is 4.75. The molecule has 0 saturated carbocycles. The van der Waals surface area contributed by atoms with Crippen molar-refractivity contribution in [3.05, 3.63) is 71.8 Å². The summed E-state index contributed by atoms with van der Waals surface area (Å²) in [6.45, 7) is 0. The number of imide groups is 1. The van der Waals surface area contributed by atoms with Crippen molar-refractivity contribution in [2.24, 2.45) is 5.84 Å². The lowest BCUT2D eigenvalue weighted by atomic mass is 9.96. The van der Waals surface area contributed by atoms with Crippen molar-refractivity contribution in [2.45, 2.75) is 0 Å². The number of hydrogen-bond acceptors (Lipinski definition) is 3. The molecule has 4 nitrogen and oxygen atoms in total. The minimum Gasteiger partial charge on any atom is -0.267 e. The SMILES string of the molecule is NN1C(=O)C(c2ccccc2)=C(c2ccccc2)C1=O. The van der Waals surface area contributed by atoms with Gasteiger partial charge in [0.2, 0.25) is 0 Å². The maximum absolute atomic E-state index is 12.2. The van der Waals surface area contributed by atoms with Crippen LogP contribution in [0.4, 0.5) is 0 Å². The molecule has 1 aliphatic heterocycles. The molecule has 0 radical (unpaired) electrons. The second-order valence-electron chi connectivity index (χ2n) is 4.46. The fraction of sp³-hybridized carbons (Fsp3) is 0. The molecule has 20 heavy (non-hydrogen) atoms. The fourth-order valence-corrected chi connectivity index (χ4v) is 2.29. The van der Waals surface area contributed by atoms with Gasteiger partial charge in [-0.2, -0.15) is 0 Å². The van der Waals surface area contributed by atoms with Gasteiger partial charge in [-0.3, -0.25) is 9.59 Å². The summed E-state index contributed by atoms with van der Waals surface area (Å²) in [6, 6.07) is 18.2. The fourth-order valence-electron chi connectivity index (χ4n) is 2.29. The summed E-state index contributed by atoms with van der Waals surface area (Å²) in [5.74, 6) is 4.63. The van der Waals surface area contributed by atoms with Gasteiger partial charge in [0.1, 0.15) is 0 Å². The van der Waals surface area contributed by atoms with E-state index >= 15 is 0 Å². The normalized spacial score (nSPS) is 15.2. The van der Waals surface area contributed by atoms with E-state index in [4.69, 9.17) is 5.84 Å². The van der Waals surface area contributed by atoms with Crippen LogP contribution in [0.25, 0.3) is 11.1 Å². The molecule has 0 unspecified atom stereocenters. The molecule has 0 atom stereocenters. The van der Waals surface area contributed by atoms with Gasteiger partial charge in [-0.1, -0.05) is 60.7 Å². The topological polar surface area (TPSA) is 63.4 Å². The monoisotopic (exact) mass is 264 g/mol. The van der Waals surface area contributed by atoms with Crippen LogP contribution in [-0.4, -0.2) is 16.8 Å². The highest BCUT2D eigenvalue weighted by atomic mass is 16.2. The first-order valence-corrected chi connectivity index (χ1v) is 6.19. The van der Waals surface area contributed by atoms with Crippen LogP contribution in [-0.2, 0) is 9.59 Å². The summed E-state index contributed by atoms with van der Waals surface area (Å²) < 4.78 is 0. The van der Waals surface area contributed by atoms with Gasteiger partial charge in [-0.05, 0) is 11.1 Å². The van der Waals surface area contributed by atoms with E-state index in [9.17, 15) is 9.59 Å². The third-order valence-electron chi connectivity index (χ3n) is 3.24. The Morgan fingerprint density at radius 1 is 0.650 bits per heavy atom. The number of rotatable bonds is 2. The molecule has 0 saturated heterocycles. The largest absolute Gasteiger partial charge is 0.276 e. The summed E-state index contributed by atoms with van der Waals surface area (Å²) in [7, 11) is 0. The number of carbonyl (C=O) groups excluding carboxylic acids is 2. The van der Waals surface area contributed by atoms with Gasteiger partial charge >= 0.3 is 0 Å². The summed E-state index contributed by atoms with van der Waals surface area (Å²) in [5.41, 5.74) is 2.09. The smallest absolute Gasteiger partial charge is 0.267 e. The van der Waals surface area contributed by atoms with Crippen LogP contribution in [0.15, 0.2) is 60.7 Å². The molecule has 2 aromatic rings. The lowest BCUT2D eigenvalue weighted by molar-refractivity contribution is -0.136. The summed E-state index contributed by atoms with van der Waals surface area (Å²) in [5, 5.41) is 0.671. The highest BCUT2D eigenvalue weighted by molar-refractivity contribution is 6.48. The highest BCUT2D eigenvalue weighted by Crippen LogP contribution is 2.33. The molecule has 4 heteroatoms. The summed E-state index contributed by atoms with van der Waals surface area (Å²) >= 11 is 0. The number of nitrogens with two attached hydrogens (primary N) is 1. The number of nitrogens with zero attached hydrogens (tertiary/aromatic N) is 1. The summed E-state index contributed by atoms with van der Waals surface area (Å²) in [4.78, 5) is 24.4. The lowest BCUT2D eigenvalue weighted by Crippen LogP contribution is -2.37. The van der Waals surface area contributed by atoms with Crippen LogP contribution in [0.2, 0.25) is 0 Å². The molecule has 1 aliphatic rings. The van der Waals surface area contributed by atoms with Crippen LogP contribution in [0.5, 0.6) is 0 Å². The Balaban J connectivity index is 2.26. The van der Waals surface area contributed by atoms with Crippen molar-refractivity contribution in [2.75, 3.05) is 0 Å². The molecule has 2 aromatic carbocycles. The van der Waals surface area contributed by atoms with Crippen molar-refractivity contribution in [3.8, 4) is 0 Å². The van der Waals surface area contributed by atoms with E-state index in [1.54, 1.807) is 24.3 Å². The first-order valence-electron chi connectivity index (χ1n) is 6.19. The molecule has 0 fully saturated rings. The van der Waals surface area contributed by atoms with E-state index in [1.165, 1.54) is 0 Å². The van der Waals surface area contributed by atoms with E-state index in [0.717, 1.165) is 0 Å². The number of hydrogen-bond donors (Lipinski definition) is 1. The van der Waals surface area contributed by atoms with Crippen LogP contribution in [0.1, 0.15) is 11.1 Å². The third kappa shape index (κ3) is 1.83. The van der Waals surface area contributed by atoms with Crippen LogP contribution in [0, 0.1) is 0 Å². The van der Waals surface area contributed by atoms with Crippen molar-refractivity contribution >= 4 is 23.0 Å². The quantitative estimate of drug-likeness (QED) is 0.511. The number of hydrazine groups is 1. The first-order chi connectivity index (χ1) is 9.70. The van der Waals surface area contributed by atoms with Crippen LogP contribution >= 0.6 is 0 Å². The Morgan fingerprint density at radius 2 is 1.00 bits per heavy atom. The van der Waals surface area contributed by atoms with Gasteiger partial charge < -0.3 is 0 Å². The Kier molecular flexibility index (Phi) is 2.93. The summed E-state index contributed by atoms with van der Waals surface area (Å²) in [6.07, 6.45) is 0. The number of carbonyl (C=O) groups is 2. The van der Waals surface area contributed by atoms with Gasteiger partial charge in [-0.25, -0.2) is 10.9 Å². The van der Waals surface area contributed by atoms with Gasteiger partial charge in [0.15, 0.2) is 0 Å². The Bertz CT molecular complexity index is 644. The maximum atomic E-state index is 12.2. The Morgan fingerprint density at radius 3 is 1.35 bits per heavy atom. The molecule has 3 rings (SSSR count). The first kappa shape index (κ1) is 12.3. The van der Waals surface area contributed by atoms with E-state index in [0.29, 0.717) is 27.3 Å². The zero-order valence-corrected chi connectivity index (χ0v) is 10.6. The van der Waals surface area contributed by atoms with Gasteiger partial charge in [0.05, 0.1) is 11.1 Å². The van der Waals surface area contributed by atoms with Crippen molar-refractivity contribution < 1.29 is 9.59 Å². The van der Waals surface area contributed by atoms with Crippen molar-refractivity contribution in [1.29, 1.82) is 0 Å². The maximum Gasteiger partial charge on any atom is 0.276 e. The molecule has 0 spiro atoms. The zero-order valence-electron chi connectivity index (χ0n) is 10.6. The van der Waals surface area contributed by atoms with E-state index in [-0.39, 0.29) is 0 Å². The Hall–Kier alpha value is -2.72. The molecule has 1 heterocycles. The van der Waals surface area contributed by atoms with Gasteiger partial charge in [0.25, 0.3) is 11.8 Å². The highest BCUT2D eigenvalue weighted by Gasteiger charge is 2.37. The number of benzene rings is 2. The molecule has 2 amide bonds. The van der Waals surface area contributed by atoms with Crippen molar-refractivity contribution in [3.63, 3.8) is 0 Å². The molecular formula is C16H12N2O2. The minimum absolute atomic E-state index is 0.351. The predicted molar refractivity (Wildman–Crippen MR) is 75.7 cm³/mol. The average molecular weight is 264 g/mol. The molecule has 0 aliphatic carbocycles. The predicted octanol–water partition coefficient (Wildman–Crippen LogP) is 1.84. The standard InChI is InChI=1S/C16H12N2O2/c17-18-15(19)13(11-7-3-1-4-8-11)14(16(18)20)12-9-5-2-6-10-12/h1-10H,17H2. The minimum atomic E-state index is -0.472. The van der Waals surface area contributed by atoms with Crippen LogP contribution in [0.3, 0.4) is 0 Å². The average Bonchev–Trinajstić information content (AvgIpc) is 2.73. The lowest BCUT2D eigenvalue weighted by Gasteiger charge is -2.05.